The fourth-order valence-corrected chi connectivity index (χ4v) is 4.26. The van der Waals surface area contributed by atoms with Crippen molar-refractivity contribution < 1.29 is 29.3 Å². The highest BCUT2D eigenvalue weighted by Crippen LogP contribution is 2.44. The number of rotatable bonds is 10. The molecular formula is C25H30N2O6. The molecule has 176 valence electrons. The van der Waals surface area contributed by atoms with E-state index in [-0.39, 0.29) is 19.1 Å². The number of aliphatic carboxylic acids is 1. The molecular weight excluding hydrogens is 424 g/mol. The highest BCUT2D eigenvalue weighted by Gasteiger charge is 2.36. The SMILES string of the molecule is CCC(CC)(CNC(=O)OCC1c2ccccc2-c2ccccc21)C(=O)NC[C@H](O)C(=O)O. The number of alkyl carbamates (subject to hydrolysis) is 1. The second-order valence-corrected chi connectivity index (χ2v) is 8.23. The molecule has 0 saturated heterocycles. The number of benzene rings is 2. The Hall–Kier alpha value is -3.39. The minimum atomic E-state index is -1.68. The number of carbonyl (C=O) groups is 3. The monoisotopic (exact) mass is 454 g/mol. The third-order valence-electron chi connectivity index (χ3n) is 6.49. The maximum absolute atomic E-state index is 12.7. The van der Waals surface area contributed by atoms with E-state index in [9.17, 15) is 19.5 Å². The number of amides is 2. The first kappa shape index (κ1) is 24.3. The van der Waals surface area contributed by atoms with Crippen LogP contribution >= 0.6 is 0 Å². The van der Waals surface area contributed by atoms with E-state index in [1.807, 2.05) is 50.2 Å². The molecule has 0 aromatic heterocycles. The summed E-state index contributed by atoms with van der Waals surface area (Å²) in [5.74, 6) is -1.90. The van der Waals surface area contributed by atoms with E-state index >= 15 is 0 Å². The lowest BCUT2D eigenvalue weighted by molar-refractivity contribution is -0.146. The normalized spacial score (nSPS) is 13.5. The zero-order valence-electron chi connectivity index (χ0n) is 18.8. The lowest BCUT2D eigenvalue weighted by Crippen LogP contribution is -2.50. The number of hydrogen-bond acceptors (Lipinski definition) is 5. The van der Waals surface area contributed by atoms with Gasteiger partial charge in [0.05, 0.1) is 12.0 Å². The first-order chi connectivity index (χ1) is 15.8. The second kappa shape index (κ2) is 10.5. The van der Waals surface area contributed by atoms with E-state index in [0.717, 1.165) is 22.3 Å². The number of aliphatic hydroxyl groups is 1. The minimum absolute atomic E-state index is 0.0334. The van der Waals surface area contributed by atoms with Crippen molar-refractivity contribution in [2.24, 2.45) is 5.41 Å². The van der Waals surface area contributed by atoms with Gasteiger partial charge in [0.2, 0.25) is 5.91 Å². The van der Waals surface area contributed by atoms with Crippen molar-refractivity contribution in [2.75, 3.05) is 19.7 Å². The number of carbonyl (C=O) groups excluding carboxylic acids is 2. The van der Waals surface area contributed by atoms with E-state index in [0.29, 0.717) is 12.8 Å². The van der Waals surface area contributed by atoms with Crippen molar-refractivity contribution >= 4 is 18.0 Å². The van der Waals surface area contributed by atoms with Gasteiger partial charge in [0.25, 0.3) is 0 Å². The van der Waals surface area contributed by atoms with Gasteiger partial charge in [-0.3, -0.25) is 4.79 Å². The molecule has 2 aromatic rings. The van der Waals surface area contributed by atoms with Crippen LogP contribution in [0.4, 0.5) is 4.79 Å². The largest absolute Gasteiger partial charge is 0.479 e. The van der Waals surface area contributed by atoms with Gasteiger partial charge in [-0.15, -0.1) is 0 Å². The summed E-state index contributed by atoms with van der Waals surface area (Å²) in [5, 5.41) is 23.4. The summed E-state index contributed by atoms with van der Waals surface area (Å²) in [6, 6.07) is 16.1. The standard InChI is InChI=1S/C25H30N2O6/c1-3-25(4-2,23(31)26-13-21(28)22(29)30)15-27-24(32)33-14-20-18-11-7-5-9-16(18)17-10-6-8-12-19(17)20/h5-12,20-21,28H,3-4,13-15H2,1-2H3,(H,26,31)(H,27,32)(H,29,30)/t21-/m0/s1. The number of carboxylic acid groups (broad SMARTS) is 1. The molecule has 0 unspecified atom stereocenters. The van der Waals surface area contributed by atoms with Crippen molar-refractivity contribution in [1.29, 1.82) is 0 Å². The molecule has 3 rings (SSSR count). The van der Waals surface area contributed by atoms with Gasteiger partial charge in [-0.25, -0.2) is 9.59 Å². The van der Waals surface area contributed by atoms with Crippen molar-refractivity contribution in [1.82, 2.24) is 10.6 Å². The van der Waals surface area contributed by atoms with E-state index in [1.54, 1.807) is 0 Å². The third kappa shape index (κ3) is 5.17. The van der Waals surface area contributed by atoms with Crippen molar-refractivity contribution in [2.45, 2.75) is 38.7 Å². The fourth-order valence-electron chi connectivity index (χ4n) is 4.26. The van der Waals surface area contributed by atoms with E-state index in [2.05, 4.69) is 22.8 Å². The Morgan fingerprint density at radius 2 is 1.52 bits per heavy atom. The molecule has 1 aliphatic carbocycles. The number of aliphatic hydroxyl groups excluding tert-OH is 1. The Balaban J connectivity index is 1.60. The molecule has 0 bridgehead atoms. The van der Waals surface area contributed by atoms with Crippen LogP contribution in [0.2, 0.25) is 0 Å². The molecule has 0 fully saturated rings. The summed E-state index contributed by atoms with van der Waals surface area (Å²) in [6.45, 7) is 3.43. The van der Waals surface area contributed by atoms with Crippen LogP contribution in [0.15, 0.2) is 48.5 Å². The van der Waals surface area contributed by atoms with Crippen molar-refractivity contribution in [3.63, 3.8) is 0 Å². The van der Waals surface area contributed by atoms with E-state index in [1.165, 1.54) is 0 Å². The quantitative estimate of drug-likeness (QED) is 0.438. The average Bonchev–Trinajstić information content (AvgIpc) is 3.15. The molecule has 1 atom stereocenters. The van der Waals surface area contributed by atoms with E-state index in [4.69, 9.17) is 9.84 Å². The Kier molecular flexibility index (Phi) is 7.71. The molecule has 2 amide bonds. The highest BCUT2D eigenvalue weighted by atomic mass is 16.5. The van der Waals surface area contributed by atoms with Crippen LogP contribution in [0, 0.1) is 5.41 Å². The number of hydrogen-bond donors (Lipinski definition) is 4. The molecule has 4 N–H and O–H groups in total. The van der Waals surface area contributed by atoms with Gasteiger partial charge < -0.3 is 25.6 Å². The number of carboxylic acids is 1. The maximum Gasteiger partial charge on any atom is 0.407 e. The average molecular weight is 455 g/mol. The minimum Gasteiger partial charge on any atom is -0.479 e. The van der Waals surface area contributed by atoms with Crippen LogP contribution < -0.4 is 10.6 Å². The van der Waals surface area contributed by atoms with Gasteiger partial charge in [0.15, 0.2) is 6.10 Å². The first-order valence-electron chi connectivity index (χ1n) is 11.1. The number of ether oxygens (including phenoxy) is 1. The molecule has 0 heterocycles. The van der Waals surface area contributed by atoms with Gasteiger partial charge in [-0.1, -0.05) is 62.4 Å². The molecule has 0 spiro atoms. The second-order valence-electron chi connectivity index (χ2n) is 8.23. The summed E-state index contributed by atoms with van der Waals surface area (Å²) < 4.78 is 5.53. The third-order valence-corrected chi connectivity index (χ3v) is 6.49. The lowest BCUT2D eigenvalue weighted by Gasteiger charge is -2.30. The predicted molar refractivity (Wildman–Crippen MR) is 123 cm³/mol. The van der Waals surface area contributed by atoms with Gasteiger partial charge in [0, 0.05) is 12.5 Å². The van der Waals surface area contributed by atoms with Gasteiger partial charge in [-0.2, -0.15) is 0 Å². The topological polar surface area (TPSA) is 125 Å². The fraction of sp³-hybridized carbons (Fsp3) is 0.400. The Morgan fingerprint density at radius 1 is 0.970 bits per heavy atom. The summed E-state index contributed by atoms with van der Waals surface area (Å²) in [7, 11) is 0. The van der Waals surface area contributed by atoms with Crippen LogP contribution in [0.3, 0.4) is 0 Å². The molecule has 0 saturated carbocycles. The summed E-state index contributed by atoms with van der Waals surface area (Å²) >= 11 is 0. The zero-order chi connectivity index (χ0) is 24.0. The summed E-state index contributed by atoms with van der Waals surface area (Å²) in [5.41, 5.74) is 3.55. The molecule has 8 nitrogen and oxygen atoms in total. The Bertz CT molecular complexity index is 972. The molecule has 1 aliphatic rings. The Morgan fingerprint density at radius 3 is 2.03 bits per heavy atom. The van der Waals surface area contributed by atoms with Crippen LogP contribution in [0.25, 0.3) is 11.1 Å². The van der Waals surface area contributed by atoms with Crippen molar-refractivity contribution in [3.8, 4) is 11.1 Å². The predicted octanol–water partition coefficient (Wildman–Crippen LogP) is 2.89. The highest BCUT2D eigenvalue weighted by molar-refractivity contribution is 5.84. The van der Waals surface area contributed by atoms with Crippen molar-refractivity contribution in [3.05, 3.63) is 59.7 Å². The van der Waals surface area contributed by atoms with Gasteiger partial charge in [-0.05, 0) is 35.1 Å². The molecule has 2 aromatic carbocycles. The summed E-state index contributed by atoms with van der Waals surface area (Å²) in [4.78, 5) is 36.0. The molecule has 0 aliphatic heterocycles. The zero-order valence-corrected chi connectivity index (χ0v) is 18.8. The summed E-state index contributed by atoms with van der Waals surface area (Å²) in [6.07, 6.45) is -1.47. The van der Waals surface area contributed by atoms with Crippen LogP contribution in [0.1, 0.15) is 43.7 Å². The molecule has 8 heteroatoms. The van der Waals surface area contributed by atoms with E-state index < -0.39 is 36.0 Å². The number of nitrogens with one attached hydrogen (secondary N) is 2. The first-order valence-corrected chi connectivity index (χ1v) is 11.1. The molecule has 0 radical (unpaired) electrons. The van der Waals surface area contributed by atoms with Crippen LogP contribution in [-0.4, -0.2) is 54.0 Å². The smallest absolute Gasteiger partial charge is 0.407 e. The lowest BCUT2D eigenvalue weighted by atomic mass is 9.81. The number of fused-ring (bicyclic) bond motifs is 3. The van der Waals surface area contributed by atoms with Crippen LogP contribution in [0.5, 0.6) is 0 Å². The van der Waals surface area contributed by atoms with Gasteiger partial charge >= 0.3 is 12.1 Å². The molecule has 33 heavy (non-hydrogen) atoms. The van der Waals surface area contributed by atoms with Gasteiger partial charge in [0.1, 0.15) is 6.61 Å². The Labute approximate surface area is 193 Å². The maximum atomic E-state index is 12.7. The van der Waals surface area contributed by atoms with Crippen LogP contribution in [-0.2, 0) is 14.3 Å².